The Morgan fingerprint density at radius 1 is 1.25 bits per heavy atom. The molecule has 1 aliphatic rings. The van der Waals surface area contributed by atoms with E-state index in [1.54, 1.807) is 0 Å². The molecule has 0 amide bonds. The average Bonchev–Trinajstić information content (AvgIpc) is 2.69. The van der Waals surface area contributed by atoms with E-state index in [1.807, 2.05) is 0 Å². The van der Waals surface area contributed by atoms with Gasteiger partial charge in [-0.2, -0.15) is 0 Å². The minimum atomic E-state index is 0.245. The van der Waals surface area contributed by atoms with Crippen molar-refractivity contribution in [2.75, 3.05) is 0 Å². The highest BCUT2D eigenvalue weighted by atomic mass is 16.1. The van der Waals surface area contributed by atoms with Crippen LogP contribution in [0.1, 0.15) is 42.4 Å². The maximum absolute atomic E-state index is 12.1. The van der Waals surface area contributed by atoms with E-state index >= 15 is 0 Å². The first-order chi connectivity index (χ1) is 9.56. The Hall–Kier alpha value is -1.57. The Morgan fingerprint density at radius 2 is 2.05 bits per heavy atom. The molecule has 0 spiro atoms. The van der Waals surface area contributed by atoms with Gasteiger partial charge in [-0.05, 0) is 55.9 Å². The molecule has 3 rings (SSSR count). The third kappa shape index (κ3) is 2.28. The van der Waals surface area contributed by atoms with Gasteiger partial charge in [0.1, 0.15) is 5.78 Å². The molecule has 0 bridgehead atoms. The molecule has 2 aromatic rings. The molecule has 1 atom stereocenters. The first kappa shape index (κ1) is 13.4. The third-order valence-corrected chi connectivity index (χ3v) is 4.66. The maximum Gasteiger partial charge on any atom is 0.136 e. The Bertz CT molecular complexity index is 666. The van der Waals surface area contributed by atoms with Gasteiger partial charge in [0.05, 0.1) is 0 Å². The zero-order chi connectivity index (χ0) is 14.3. The molecule has 1 saturated carbocycles. The molecule has 20 heavy (non-hydrogen) atoms. The summed E-state index contributed by atoms with van der Waals surface area (Å²) >= 11 is 0. The largest absolute Gasteiger partial charge is 0.350 e. The fraction of sp³-hybridized carbons (Fsp3) is 0.500. The van der Waals surface area contributed by atoms with E-state index in [9.17, 15) is 4.79 Å². The van der Waals surface area contributed by atoms with Crippen molar-refractivity contribution < 1.29 is 4.79 Å². The van der Waals surface area contributed by atoms with Gasteiger partial charge in [-0.3, -0.25) is 4.79 Å². The molecule has 1 fully saturated rings. The van der Waals surface area contributed by atoms with Gasteiger partial charge in [-0.1, -0.05) is 12.5 Å². The zero-order valence-corrected chi connectivity index (χ0v) is 12.7. The second kappa shape index (κ2) is 5.08. The number of rotatable bonds is 2. The third-order valence-electron chi connectivity index (χ3n) is 4.66. The summed E-state index contributed by atoms with van der Waals surface area (Å²) in [5.74, 6) is 0.716. The zero-order valence-electron chi connectivity index (χ0n) is 12.7. The van der Waals surface area contributed by atoms with Crippen LogP contribution in [0.3, 0.4) is 0 Å². The van der Waals surface area contributed by atoms with Crippen molar-refractivity contribution >= 4 is 16.7 Å². The monoisotopic (exact) mass is 269 g/mol. The van der Waals surface area contributed by atoms with E-state index in [2.05, 4.69) is 43.8 Å². The molecular formula is C18H23NO. The molecule has 1 aliphatic carbocycles. The van der Waals surface area contributed by atoms with Crippen molar-refractivity contribution in [1.29, 1.82) is 0 Å². The molecule has 1 aromatic carbocycles. The predicted octanol–water partition coefficient (Wildman–Crippen LogP) is 4.10. The molecule has 1 heterocycles. The minimum absolute atomic E-state index is 0.245. The fourth-order valence-electron chi connectivity index (χ4n) is 3.70. The van der Waals surface area contributed by atoms with Crippen LogP contribution in [0.5, 0.6) is 0 Å². The average molecular weight is 269 g/mol. The number of hydrogen-bond donors (Lipinski definition) is 0. The number of benzene rings is 1. The fourth-order valence-corrected chi connectivity index (χ4v) is 3.70. The summed E-state index contributed by atoms with van der Waals surface area (Å²) in [7, 11) is 2.10. The molecule has 0 saturated heterocycles. The van der Waals surface area contributed by atoms with Crippen molar-refractivity contribution in [3.05, 3.63) is 35.0 Å². The predicted molar refractivity (Wildman–Crippen MR) is 83.1 cm³/mol. The topological polar surface area (TPSA) is 22.0 Å². The van der Waals surface area contributed by atoms with Gasteiger partial charge in [0.15, 0.2) is 0 Å². The van der Waals surface area contributed by atoms with E-state index < -0.39 is 0 Å². The lowest BCUT2D eigenvalue weighted by atomic mass is 9.83. The first-order valence-corrected chi connectivity index (χ1v) is 7.64. The van der Waals surface area contributed by atoms with Gasteiger partial charge in [0, 0.05) is 36.5 Å². The Kier molecular flexibility index (Phi) is 3.41. The van der Waals surface area contributed by atoms with Crippen LogP contribution < -0.4 is 0 Å². The van der Waals surface area contributed by atoms with Crippen LogP contribution in [0.15, 0.2) is 18.3 Å². The summed E-state index contributed by atoms with van der Waals surface area (Å²) in [4.78, 5) is 12.1. The highest BCUT2D eigenvalue weighted by Crippen LogP contribution is 2.31. The van der Waals surface area contributed by atoms with Crippen LogP contribution in [0, 0.1) is 19.8 Å². The lowest BCUT2D eigenvalue weighted by Crippen LogP contribution is -2.21. The number of ketones is 1. The van der Waals surface area contributed by atoms with Gasteiger partial charge < -0.3 is 4.57 Å². The van der Waals surface area contributed by atoms with Crippen LogP contribution in [0.2, 0.25) is 0 Å². The molecule has 2 heteroatoms. The molecule has 1 unspecified atom stereocenters. The second-order valence-corrected chi connectivity index (χ2v) is 6.35. The van der Waals surface area contributed by atoms with Crippen molar-refractivity contribution in [2.45, 2.75) is 46.0 Å². The van der Waals surface area contributed by atoms with Crippen molar-refractivity contribution in [3.63, 3.8) is 0 Å². The summed E-state index contributed by atoms with van der Waals surface area (Å²) in [6.07, 6.45) is 7.29. The summed E-state index contributed by atoms with van der Waals surface area (Å²) < 4.78 is 2.21. The van der Waals surface area contributed by atoms with Gasteiger partial charge in [0.25, 0.3) is 0 Å². The summed E-state index contributed by atoms with van der Waals surface area (Å²) in [5, 5.41) is 1.36. The SMILES string of the molecule is Cc1cc(C)c2c(CC3CCCCC3=O)cn(C)c2c1. The molecule has 0 N–H and O–H groups in total. The van der Waals surface area contributed by atoms with Gasteiger partial charge >= 0.3 is 0 Å². The van der Waals surface area contributed by atoms with Crippen molar-refractivity contribution in [2.24, 2.45) is 13.0 Å². The van der Waals surface area contributed by atoms with Crippen LogP contribution >= 0.6 is 0 Å². The minimum Gasteiger partial charge on any atom is -0.350 e. The number of hydrogen-bond acceptors (Lipinski definition) is 1. The number of aryl methyl sites for hydroxylation is 3. The number of carbonyl (C=O) groups excluding carboxylic acids is 1. The Morgan fingerprint density at radius 3 is 2.80 bits per heavy atom. The lowest BCUT2D eigenvalue weighted by Gasteiger charge is -2.20. The number of Topliss-reactive ketones (excluding diaryl/α,β-unsaturated/α-hetero) is 1. The van der Waals surface area contributed by atoms with Crippen LogP contribution in [0.4, 0.5) is 0 Å². The molecule has 106 valence electrons. The van der Waals surface area contributed by atoms with E-state index in [-0.39, 0.29) is 5.92 Å². The smallest absolute Gasteiger partial charge is 0.136 e. The van der Waals surface area contributed by atoms with E-state index in [4.69, 9.17) is 0 Å². The highest BCUT2D eigenvalue weighted by Gasteiger charge is 2.24. The summed E-state index contributed by atoms with van der Waals surface area (Å²) in [5.41, 5.74) is 5.27. The van der Waals surface area contributed by atoms with Gasteiger partial charge in [-0.15, -0.1) is 0 Å². The summed E-state index contributed by atoms with van der Waals surface area (Å²) in [6, 6.07) is 4.49. The van der Waals surface area contributed by atoms with E-state index in [0.29, 0.717) is 5.78 Å². The molecular weight excluding hydrogens is 246 g/mol. The molecule has 2 nitrogen and oxygen atoms in total. The van der Waals surface area contributed by atoms with Crippen molar-refractivity contribution in [1.82, 2.24) is 4.57 Å². The second-order valence-electron chi connectivity index (χ2n) is 6.35. The van der Waals surface area contributed by atoms with Crippen LogP contribution in [-0.4, -0.2) is 10.4 Å². The van der Waals surface area contributed by atoms with Gasteiger partial charge in [-0.25, -0.2) is 0 Å². The normalized spacial score (nSPS) is 19.8. The first-order valence-electron chi connectivity index (χ1n) is 7.64. The Balaban J connectivity index is 2.01. The highest BCUT2D eigenvalue weighted by molar-refractivity contribution is 5.89. The van der Waals surface area contributed by atoms with Gasteiger partial charge in [0.2, 0.25) is 0 Å². The summed E-state index contributed by atoms with van der Waals surface area (Å²) in [6.45, 7) is 4.32. The van der Waals surface area contributed by atoms with Crippen molar-refractivity contribution in [3.8, 4) is 0 Å². The Labute approximate surface area is 120 Å². The maximum atomic E-state index is 12.1. The standard InChI is InChI=1S/C18H23NO/c1-12-8-13(2)18-15(11-19(3)16(18)9-12)10-14-6-4-5-7-17(14)20/h8-9,11,14H,4-7,10H2,1-3H3. The number of nitrogens with zero attached hydrogens (tertiary/aromatic N) is 1. The molecule has 1 aromatic heterocycles. The quantitative estimate of drug-likeness (QED) is 0.804. The number of fused-ring (bicyclic) bond motifs is 1. The van der Waals surface area contributed by atoms with Crippen LogP contribution in [0.25, 0.3) is 10.9 Å². The number of carbonyl (C=O) groups is 1. The van der Waals surface area contributed by atoms with E-state index in [0.717, 1.165) is 25.7 Å². The van der Waals surface area contributed by atoms with E-state index in [1.165, 1.54) is 34.0 Å². The lowest BCUT2D eigenvalue weighted by molar-refractivity contribution is -0.124. The molecule has 0 radical (unpaired) electrons. The molecule has 0 aliphatic heterocycles. The number of aromatic nitrogens is 1. The van der Waals surface area contributed by atoms with Crippen LogP contribution in [-0.2, 0) is 18.3 Å².